The quantitative estimate of drug-likeness (QED) is 0.208. The summed E-state index contributed by atoms with van der Waals surface area (Å²) in [5, 5.41) is 6.85. The number of allylic oxidation sites excluding steroid dienone is 1. The molecule has 0 bridgehead atoms. The summed E-state index contributed by atoms with van der Waals surface area (Å²) in [4.78, 5) is 79.5. The van der Waals surface area contributed by atoms with Crippen LogP contribution in [0.5, 0.6) is 0 Å². The van der Waals surface area contributed by atoms with Crippen LogP contribution in [-0.4, -0.2) is 46.7 Å². The molecular weight excluding hydrogens is 812 g/mol. The van der Waals surface area contributed by atoms with Crippen molar-refractivity contribution in [2.75, 3.05) is 0 Å². The molecular formula is C49H65ClN2O10. The SMILES string of the molecule is Cc1oc(=O)oc1COC(=O)C(C)(C)CC(=O)OC1CCC2(C)C(CCC3(C)C4CCC5(NC(=O)C(C)(C)NC(=O)c6ccc(Cl)cc6)CC(=O)C(C(C)C)=C5C4CCC32)C1C. The smallest absolute Gasteiger partial charge is 0.462 e. The van der Waals surface area contributed by atoms with Gasteiger partial charge in [-0.3, -0.25) is 24.0 Å². The first kappa shape index (κ1) is 45.8. The Labute approximate surface area is 370 Å². The number of ether oxygens (including phenoxy) is 2. The Bertz CT molecular complexity index is 2220. The summed E-state index contributed by atoms with van der Waals surface area (Å²) >= 11 is 6.05. The predicted octanol–water partition coefficient (Wildman–Crippen LogP) is 8.84. The number of fused-ring (bicyclic) bond motifs is 7. The number of amides is 2. The lowest BCUT2D eigenvalue weighted by atomic mass is 9.38. The molecule has 5 aliphatic carbocycles. The minimum Gasteiger partial charge on any atom is -0.462 e. The number of aryl methyl sites for hydroxylation is 1. The topological polar surface area (TPSA) is 171 Å². The molecule has 2 amide bonds. The molecule has 0 spiro atoms. The van der Waals surface area contributed by atoms with Gasteiger partial charge in [0.25, 0.3) is 5.91 Å². The highest BCUT2D eigenvalue weighted by Crippen LogP contribution is 2.70. The van der Waals surface area contributed by atoms with Crippen LogP contribution in [0.15, 0.2) is 49.0 Å². The van der Waals surface area contributed by atoms with E-state index >= 15 is 0 Å². The highest BCUT2D eigenvalue weighted by atomic mass is 35.5. The fraction of sp³-hybridized carbons (Fsp3) is 0.673. The van der Waals surface area contributed by atoms with E-state index in [1.165, 1.54) is 0 Å². The van der Waals surface area contributed by atoms with E-state index in [0.29, 0.717) is 34.8 Å². The molecule has 13 heteroatoms. The zero-order chi connectivity index (χ0) is 45.3. The predicted molar refractivity (Wildman–Crippen MR) is 232 cm³/mol. The molecule has 7 rings (SSSR count). The largest absolute Gasteiger partial charge is 0.519 e. The monoisotopic (exact) mass is 876 g/mol. The number of rotatable bonds is 11. The zero-order valence-corrected chi connectivity index (χ0v) is 38.8. The lowest BCUT2D eigenvalue weighted by Gasteiger charge is -2.67. The Morgan fingerprint density at radius 1 is 0.903 bits per heavy atom. The summed E-state index contributed by atoms with van der Waals surface area (Å²) in [6.07, 6.45) is 7.02. The molecule has 1 aromatic heterocycles. The van der Waals surface area contributed by atoms with Crippen LogP contribution in [0.25, 0.3) is 0 Å². The van der Waals surface area contributed by atoms with Crippen LogP contribution in [0.1, 0.15) is 148 Å². The molecule has 0 saturated heterocycles. The number of halogens is 1. The van der Waals surface area contributed by atoms with E-state index in [1.54, 1.807) is 58.9 Å². The van der Waals surface area contributed by atoms with E-state index < -0.39 is 34.3 Å². The van der Waals surface area contributed by atoms with E-state index in [-0.39, 0.29) is 83.3 Å². The van der Waals surface area contributed by atoms with Gasteiger partial charge in [0, 0.05) is 17.0 Å². The lowest BCUT2D eigenvalue weighted by molar-refractivity contribution is -0.191. The van der Waals surface area contributed by atoms with Crippen LogP contribution >= 0.6 is 11.6 Å². The van der Waals surface area contributed by atoms with Crippen LogP contribution in [0.3, 0.4) is 0 Å². The standard InChI is InChI=1S/C49H65ClN2O10/c1-26(2)39-34(53)23-49(52-42(56)46(7,8)51-41(55)29-11-13-30(50)14-12-29)22-18-33-31(40(39)49)15-16-37-47(9)21-19-35(27(3)32(47)17-20-48(33,37)10)61-38(54)24-45(5,6)43(57)59-25-36-28(4)60-44(58)62-36/h11-14,26-27,31-33,35,37H,15-25H2,1-10H3,(H,51,55)(H,52,56). The second kappa shape index (κ2) is 16.4. The van der Waals surface area contributed by atoms with Crippen LogP contribution in [0, 0.1) is 58.7 Å². The number of nitrogens with one attached hydrogen (secondary N) is 2. The highest BCUT2D eigenvalue weighted by molar-refractivity contribution is 6.30. The molecule has 9 atom stereocenters. The number of carbonyl (C=O) groups is 5. The molecule has 338 valence electrons. The van der Waals surface area contributed by atoms with Gasteiger partial charge in [0.05, 0.1) is 17.4 Å². The number of benzene rings is 1. The van der Waals surface area contributed by atoms with Gasteiger partial charge in [-0.2, -0.15) is 0 Å². The first-order valence-corrected chi connectivity index (χ1v) is 22.9. The van der Waals surface area contributed by atoms with Crippen LogP contribution < -0.4 is 16.5 Å². The fourth-order valence-corrected chi connectivity index (χ4v) is 13.2. The summed E-state index contributed by atoms with van der Waals surface area (Å²) < 4.78 is 21.4. The maximum absolute atomic E-state index is 14.3. The van der Waals surface area contributed by atoms with E-state index in [9.17, 15) is 28.8 Å². The second-order valence-corrected chi connectivity index (χ2v) is 21.7. The summed E-state index contributed by atoms with van der Waals surface area (Å²) in [5.41, 5.74) is -0.748. The molecule has 2 aromatic rings. The van der Waals surface area contributed by atoms with Crippen molar-refractivity contribution in [1.82, 2.24) is 10.6 Å². The number of esters is 2. The summed E-state index contributed by atoms with van der Waals surface area (Å²) in [5.74, 6) is -0.691. The number of Topliss-reactive ketones (excluding diaryl/α,β-unsaturated/α-hetero) is 1. The van der Waals surface area contributed by atoms with Gasteiger partial charge in [-0.15, -0.1) is 0 Å². The van der Waals surface area contributed by atoms with Crippen molar-refractivity contribution in [2.45, 2.75) is 157 Å². The van der Waals surface area contributed by atoms with Crippen molar-refractivity contribution in [3.8, 4) is 0 Å². The Morgan fingerprint density at radius 2 is 1.55 bits per heavy atom. The zero-order valence-electron chi connectivity index (χ0n) is 38.1. The number of ketones is 1. The van der Waals surface area contributed by atoms with Crippen LogP contribution in [-0.2, 0) is 35.3 Å². The normalized spacial score (nSPS) is 32.0. The van der Waals surface area contributed by atoms with Gasteiger partial charge in [0.2, 0.25) is 5.91 Å². The van der Waals surface area contributed by atoms with E-state index in [1.807, 2.05) is 0 Å². The van der Waals surface area contributed by atoms with E-state index in [2.05, 4.69) is 45.3 Å². The number of hydrogen-bond acceptors (Lipinski definition) is 10. The minimum absolute atomic E-state index is 0.0111. The Kier molecular flexibility index (Phi) is 12.1. The number of carbonyl (C=O) groups excluding carboxylic acids is 5. The van der Waals surface area contributed by atoms with Gasteiger partial charge >= 0.3 is 17.8 Å². The highest BCUT2D eigenvalue weighted by Gasteiger charge is 2.65. The molecule has 12 nitrogen and oxygen atoms in total. The fourth-order valence-electron chi connectivity index (χ4n) is 13.1. The molecule has 0 aliphatic heterocycles. The van der Waals surface area contributed by atoms with Crippen molar-refractivity contribution >= 4 is 41.1 Å². The number of hydrogen-bond donors (Lipinski definition) is 2. The van der Waals surface area contributed by atoms with E-state index in [0.717, 1.165) is 56.1 Å². The molecule has 1 heterocycles. The third-order valence-electron chi connectivity index (χ3n) is 16.2. The van der Waals surface area contributed by atoms with Crippen molar-refractivity contribution in [3.63, 3.8) is 0 Å². The van der Waals surface area contributed by atoms with Gasteiger partial charge in [-0.05, 0) is 168 Å². The van der Waals surface area contributed by atoms with Crippen molar-refractivity contribution in [1.29, 1.82) is 0 Å². The van der Waals surface area contributed by atoms with Crippen LogP contribution in [0.2, 0.25) is 5.02 Å². The molecule has 0 radical (unpaired) electrons. The molecule has 4 fully saturated rings. The molecule has 62 heavy (non-hydrogen) atoms. The first-order chi connectivity index (χ1) is 28.9. The molecule has 2 N–H and O–H groups in total. The maximum atomic E-state index is 14.3. The van der Waals surface area contributed by atoms with Crippen molar-refractivity contribution in [3.05, 3.63) is 68.1 Å². The molecule has 4 saturated carbocycles. The Hall–Kier alpha value is -4.19. The summed E-state index contributed by atoms with van der Waals surface area (Å²) in [6, 6.07) is 6.55. The van der Waals surface area contributed by atoms with E-state index in [4.69, 9.17) is 29.9 Å². The average molecular weight is 878 g/mol. The Balaban J connectivity index is 1.04. The van der Waals surface area contributed by atoms with Gasteiger partial charge in [0.15, 0.2) is 23.9 Å². The van der Waals surface area contributed by atoms with Crippen molar-refractivity contribution < 1.29 is 42.3 Å². The Morgan fingerprint density at radius 3 is 2.19 bits per heavy atom. The van der Waals surface area contributed by atoms with Gasteiger partial charge in [0.1, 0.15) is 11.6 Å². The van der Waals surface area contributed by atoms with Gasteiger partial charge in [-0.1, -0.05) is 46.2 Å². The van der Waals surface area contributed by atoms with Gasteiger partial charge < -0.3 is 28.9 Å². The minimum atomic E-state index is -1.25. The molecule has 1 aromatic carbocycles. The molecule has 5 aliphatic rings. The average Bonchev–Trinajstić information content (AvgIpc) is 3.67. The van der Waals surface area contributed by atoms with Crippen molar-refractivity contribution in [2.24, 2.45) is 51.8 Å². The maximum Gasteiger partial charge on any atom is 0.519 e. The molecule has 9 unspecified atom stereocenters. The lowest BCUT2D eigenvalue weighted by Crippen LogP contribution is -2.65. The third-order valence-corrected chi connectivity index (χ3v) is 16.4. The second-order valence-electron chi connectivity index (χ2n) is 21.2. The third kappa shape index (κ3) is 8.11. The van der Waals surface area contributed by atoms with Crippen LogP contribution in [0.4, 0.5) is 0 Å². The first-order valence-electron chi connectivity index (χ1n) is 22.6. The van der Waals surface area contributed by atoms with Gasteiger partial charge in [-0.25, -0.2) is 4.79 Å². The summed E-state index contributed by atoms with van der Waals surface area (Å²) in [6.45, 7) is 19.3. The summed E-state index contributed by atoms with van der Waals surface area (Å²) in [7, 11) is 0.